The van der Waals surface area contributed by atoms with Crippen molar-refractivity contribution < 1.29 is 28.0 Å². The van der Waals surface area contributed by atoms with E-state index in [9.17, 15) is 14.3 Å². The summed E-state index contributed by atoms with van der Waals surface area (Å²) in [6.07, 6.45) is -1.18. The Hall–Kier alpha value is -1.82. The van der Waals surface area contributed by atoms with Crippen LogP contribution in [0.25, 0.3) is 11.2 Å². The molecular formula is C13H20N5O7P. The number of aromatic amines is 1. The Kier molecular flexibility index (Phi) is 5.15. The Bertz CT molecular complexity index is 899. The monoisotopic (exact) mass is 389 g/mol. The third kappa shape index (κ3) is 3.27. The first-order valence-corrected chi connectivity index (χ1v) is 9.28. The molecule has 2 aromatic rings. The van der Waals surface area contributed by atoms with E-state index in [1.807, 2.05) is 6.92 Å². The lowest BCUT2D eigenvalue weighted by Gasteiger charge is -2.24. The Morgan fingerprint density at radius 3 is 2.81 bits per heavy atom. The minimum Gasteiger partial charge on any atom is -0.374 e. The number of aromatic nitrogens is 4. The molecule has 0 aromatic carbocycles. The number of nitrogens with zero attached hydrogens (tertiary/aromatic N) is 3. The average Bonchev–Trinajstić information content (AvgIpc) is 3.15. The molecule has 5 atom stereocenters. The van der Waals surface area contributed by atoms with Gasteiger partial charge in [0.15, 0.2) is 17.4 Å². The van der Waals surface area contributed by atoms with Crippen LogP contribution in [0, 0.1) is 0 Å². The minimum absolute atomic E-state index is 0.0738. The molecule has 1 saturated heterocycles. The third-order valence-corrected chi connectivity index (χ3v) is 5.14. The van der Waals surface area contributed by atoms with Crippen molar-refractivity contribution >= 4 is 24.9 Å². The van der Waals surface area contributed by atoms with E-state index in [1.165, 1.54) is 18.0 Å². The molecule has 0 aliphatic carbocycles. The zero-order valence-corrected chi connectivity index (χ0v) is 15.3. The molecule has 13 heteroatoms. The molecule has 3 heterocycles. The van der Waals surface area contributed by atoms with Crippen LogP contribution in [-0.2, 0) is 23.1 Å². The molecule has 144 valence electrons. The van der Waals surface area contributed by atoms with Crippen LogP contribution >= 0.6 is 7.82 Å². The predicted octanol–water partition coefficient (Wildman–Crippen LogP) is 0.156. The predicted molar refractivity (Wildman–Crippen MR) is 89.3 cm³/mol. The van der Waals surface area contributed by atoms with Gasteiger partial charge in [-0.1, -0.05) is 6.92 Å². The maximum atomic E-state index is 12.0. The summed E-state index contributed by atoms with van der Waals surface area (Å²) in [6, 6.07) is 0. The van der Waals surface area contributed by atoms with Gasteiger partial charge in [0.1, 0.15) is 12.2 Å². The van der Waals surface area contributed by atoms with Crippen LogP contribution in [0.5, 0.6) is 0 Å². The van der Waals surface area contributed by atoms with Gasteiger partial charge in [0.2, 0.25) is 5.95 Å². The number of nitrogens with two attached hydrogens (primary N) is 1. The number of fused-ring (bicyclic) bond motifs is 1. The number of methoxy groups -OCH3 is 1. The fourth-order valence-electron chi connectivity index (χ4n) is 2.96. The molecule has 1 aliphatic rings. The van der Waals surface area contributed by atoms with Gasteiger partial charge in [0, 0.05) is 14.2 Å². The van der Waals surface area contributed by atoms with Crippen LogP contribution in [0.1, 0.15) is 19.6 Å². The molecule has 2 unspecified atom stereocenters. The first-order valence-electron chi connectivity index (χ1n) is 7.78. The number of phosphoric ester groups is 1. The molecule has 4 N–H and O–H groups in total. The maximum absolute atomic E-state index is 12.0. The van der Waals surface area contributed by atoms with Crippen molar-refractivity contribution in [1.82, 2.24) is 19.5 Å². The number of ether oxygens (including phenoxy) is 2. The third-order valence-electron chi connectivity index (χ3n) is 4.17. The highest BCUT2D eigenvalue weighted by Crippen LogP contribution is 2.48. The summed E-state index contributed by atoms with van der Waals surface area (Å²) in [5, 5.41) is 0. The Morgan fingerprint density at radius 2 is 2.19 bits per heavy atom. The molecule has 1 fully saturated rings. The second kappa shape index (κ2) is 7.06. The lowest BCUT2D eigenvalue weighted by atomic mass is 10.1. The fraction of sp³-hybridized carbons (Fsp3) is 0.615. The molecule has 1 aliphatic heterocycles. The van der Waals surface area contributed by atoms with E-state index < -0.39 is 37.9 Å². The molecule has 26 heavy (non-hydrogen) atoms. The molecule has 0 amide bonds. The minimum atomic E-state index is -4.27. The summed E-state index contributed by atoms with van der Waals surface area (Å²) in [6.45, 7) is 1.83. The highest BCUT2D eigenvalue weighted by molar-refractivity contribution is 7.47. The van der Waals surface area contributed by atoms with E-state index in [0.717, 1.165) is 7.11 Å². The number of nitrogen functional groups attached to an aromatic ring is 1. The first kappa shape index (κ1) is 19.0. The highest BCUT2D eigenvalue weighted by atomic mass is 31.2. The summed E-state index contributed by atoms with van der Waals surface area (Å²) in [4.78, 5) is 32.1. The van der Waals surface area contributed by atoms with Gasteiger partial charge < -0.3 is 20.1 Å². The fourth-order valence-corrected chi connectivity index (χ4v) is 3.61. The number of imidazole rings is 1. The van der Waals surface area contributed by atoms with E-state index in [0.29, 0.717) is 6.42 Å². The van der Waals surface area contributed by atoms with Crippen molar-refractivity contribution in [3.05, 3.63) is 16.7 Å². The largest absolute Gasteiger partial charge is 0.472 e. The van der Waals surface area contributed by atoms with Crippen molar-refractivity contribution in [2.24, 2.45) is 0 Å². The van der Waals surface area contributed by atoms with Crippen molar-refractivity contribution in [2.75, 3.05) is 20.0 Å². The second-order valence-electron chi connectivity index (χ2n) is 5.67. The van der Waals surface area contributed by atoms with Crippen LogP contribution in [0.2, 0.25) is 0 Å². The quantitative estimate of drug-likeness (QED) is 0.579. The van der Waals surface area contributed by atoms with Crippen LogP contribution in [0.15, 0.2) is 11.1 Å². The van der Waals surface area contributed by atoms with E-state index in [2.05, 4.69) is 19.5 Å². The van der Waals surface area contributed by atoms with E-state index >= 15 is 0 Å². The van der Waals surface area contributed by atoms with Gasteiger partial charge in [-0.05, 0) is 6.42 Å². The topological polar surface area (TPSA) is 164 Å². The SMILES string of the molecule is CC[C@H]1O[C@@H](n2cnc3c(=O)[nH]c(N)nc32)C(OC)[C@H]1OP(=O)(O)OC. The van der Waals surface area contributed by atoms with Crippen LogP contribution in [0.3, 0.4) is 0 Å². The Morgan fingerprint density at radius 1 is 1.46 bits per heavy atom. The second-order valence-corrected chi connectivity index (χ2v) is 7.18. The average molecular weight is 389 g/mol. The summed E-state index contributed by atoms with van der Waals surface area (Å²) >= 11 is 0. The van der Waals surface area contributed by atoms with E-state index in [4.69, 9.17) is 19.7 Å². The van der Waals surface area contributed by atoms with Gasteiger partial charge in [-0.2, -0.15) is 4.98 Å². The number of phosphoric acid groups is 1. The van der Waals surface area contributed by atoms with Gasteiger partial charge in [-0.15, -0.1) is 0 Å². The van der Waals surface area contributed by atoms with Gasteiger partial charge in [0.05, 0.1) is 12.4 Å². The molecule has 3 rings (SSSR count). The summed E-state index contributed by atoms with van der Waals surface area (Å²) in [5.74, 6) is -0.0738. The van der Waals surface area contributed by atoms with Crippen LogP contribution in [-0.4, -0.2) is 56.9 Å². The number of anilines is 1. The lowest BCUT2D eigenvalue weighted by molar-refractivity contribution is -0.0497. The standard InChI is InChI=1S/C13H20N5O7P/c1-4-6-8(25-26(20,21)23-3)9(22-2)12(24-6)18-5-15-7-10(18)16-13(14)17-11(7)19/h5-6,8-9,12H,4H2,1-3H3,(H,20,21)(H3,14,16,17,19)/t6-,8+,9?,12-/m1/s1. The van der Waals surface area contributed by atoms with Gasteiger partial charge in [-0.3, -0.25) is 23.4 Å². The summed E-state index contributed by atoms with van der Waals surface area (Å²) in [5.41, 5.74) is 5.41. The number of hydrogen-bond donors (Lipinski definition) is 3. The summed E-state index contributed by atoms with van der Waals surface area (Å²) in [7, 11) is -1.78. The number of rotatable bonds is 6. The first-order chi connectivity index (χ1) is 12.3. The Balaban J connectivity index is 2.03. The van der Waals surface area contributed by atoms with E-state index in [-0.39, 0.29) is 17.1 Å². The molecule has 0 saturated carbocycles. The molecule has 12 nitrogen and oxygen atoms in total. The number of H-pyrrole nitrogens is 1. The van der Waals surface area contributed by atoms with Crippen molar-refractivity contribution in [1.29, 1.82) is 0 Å². The number of hydrogen-bond acceptors (Lipinski definition) is 9. The molecular weight excluding hydrogens is 369 g/mol. The van der Waals surface area contributed by atoms with Crippen molar-refractivity contribution in [2.45, 2.75) is 37.9 Å². The van der Waals surface area contributed by atoms with Crippen molar-refractivity contribution in [3.8, 4) is 0 Å². The van der Waals surface area contributed by atoms with Crippen LogP contribution in [0.4, 0.5) is 5.95 Å². The highest BCUT2D eigenvalue weighted by Gasteiger charge is 2.49. The lowest BCUT2D eigenvalue weighted by Crippen LogP contribution is -2.35. The van der Waals surface area contributed by atoms with Crippen molar-refractivity contribution in [3.63, 3.8) is 0 Å². The normalized spacial score (nSPS) is 28.5. The Labute approximate surface area is 147 Å². The van der Waals surface area contributed by atoms with Crippen LogP contribution < -0.4 is 11.3 Å². The zero-order chi connectivity index (χ0) is 19.1. The smallest absolute Gasteiger partial charge is 0.374 e. The zero-order valence-electron chi connectivity index (χ0n) is 14.4. The van der Waals surface area contributed by atoms with Gasteiger partial charge >= 0.3 is 7.82 Å². The van der Waals surface area contributed by atoms with Gasteiger partial charge in [0.25, 0.3) is 5.56 Å². The van der Waals surface area contributed by atoms with E-state index in [1.54, 1.807) is 0 Å². The molecule has 0 radical (unpaired) electrons. The molecule has 2 aromatic heterocycles. The maximum Gasteiger partial charge on any atom is 0.472 e. The molecule has 0 bridgehead atoms. The van der Waals surface area contributed by atoms with Gasteiger partial charge in [-0.25, -0.2) is 9.55 Å². The molecule has 0 spiro atoms. The number of nitrogens with one attached hydrogen (secondary N) is 1. The summed E-state index contributed by atoms with van der Waals surface area (Å²) < 4.78 is 34.5.